The molecule has 7 heteroatoms. The quantitative estimate of drug-likeness (QED) is 0.854. The summed E-state index contributed by atoms with van der Waals surface area (Å²) in [6, 6.07) is 8.84. The smallest absolute Gasteiger partial charge is 0.419 e. The van der Waals surface area contributed by atoms with E-state index in [1.54, 1.807) is 0 Å². The predicted octanol–water partition coefficient (Wildman–Crippen LogP) is 3.18. The lowest BCUT2D eigenvalue weighted by Gasteiger charge is -2.15. The van der Waals surface area contributed by atoms with Gasteiger partial charge >= 0.3 is 6.18 Å². The highest BCUT2D eigenvalue weighted by Gasteiger charge is 2.34. The first-order chi connectivity index (χ1) is 9.80. The molecular weight excluding hydrogens is 285 g/mol. The average molecular weight is 296 g/mol. The number of rotatable bonds is 3. The molecule has 0 saturated heterocycles. The molecule has 0 saturated carbocycles. The zero-order valence-electron chi connectivity index (χ0n) is 10.6. The van der Waals surface area contributed by atoms with E-state index in [9.17, 15) is 18.0 Å². The summed E-state index contributed by atoms with van der Waals surface area (Å²) in [7, 11) is 0. The standard InChI is InChI=1S/C14H11F3N2O2/c15-14(16,17)9-5-1-2-6-10(9)21-11-7-3-4-8(12(11)18)13(19)20/h1-7H,18H2,(H2,19,20). The molecule has 0 aliphatic carbocycles. The Balaban J connectivity index is 2.45. The second kappa shape index (κ2) is 5.35. The molecule has 2 rings (SSSR count). The van der Waals surface area contributed by atoms with Crippen LogP contribution in [0.1, 0.15) is 15.9 Å². The molecule has 4 nitrogen and oxygen atoms in total. The van der Waals surface area contributed by atoms with E-state index in [4.69, 9.17) is 16.2 Å². The molecule has 0 bridgehead atoms. The maximum Gasteiger partial charge on any atom is 0.419 e. The maximum absolute atomic E-state index is 12.9. The van der Waals surface area contributed by atoms with Crippen LogP contribution in [-0.4, -0.2) is 5.91 Å². The van der Waals surface area contributed by atoms with Gasteiger partial charge in [0.05, 0.1) is 16.8 Å². The van der Waals surface area contributed by atoms with Gasteiger partial charge in [0.2, 0.25) is 0 Å². The van der Waals surface area contributed by atoms with Gasteiger partial charge in [0.1, 0.15) is 5.75 Å². The molecule has 0 aliphatic rings. The van der Waals surface area contributed by atoms with Crippen LogP contribution in [0.3, 0.4) is 0 Å². The number of hydrogen-bond donors (Lipinski definition) is 2. The first-order valence-corrected chi connectivity index (χ1v) is 5.83. The van der Waals surface area contributed by atoms with Crippen molar-refractivity contribution in [2.24, 2.45) is 5.73 Å². The van der Waals surface area contributed by atoms with Crippen molar-refractivity contribution in [3.05, 3.63) is 53.6 Å². The van der Waals surface area contributed by atoms with Crippen molar-refractivity contribution in [3.8, 4) is 11.5 Å². The number of halogens is 3. The average Bonchev–Trinajstić information content (AvgIpc) is 2.40. The Hall–Kier alpha value is -2.70. The summed E-state index contributed by atoms with van der Waals surface area (Å²) in [5, 5.41) is 0. The van der Waals surface area contributed by atoms with E-state index >= 15 is 0 Å². The van der Waals surface area contributed by atoms with E-state index in [2.05, 4.69) is 0 Å². The van der Waals surface area contributed by atoms with Gasteiger partial charge < -0.3 is 16.2 Å². The SMILES string of the molecule is NC(=O)c1cccc(Oc2ccccc2C(F)(F)F)c1N. The molecule has 0 unspecified atom stereocenters. The molecule has 1 amide bonds. The third-order valence-corrected chi connectivity index (χ3v) is 2.74. The fraction of sp³-hybridized carbons (Fsp3) is 0.0714. The second-order valence-corrected chi connectivity index (χ2v) is 4.18. The Morgan fingerprint density at radius 2 is 1.62 bits per heavy atom. The minimum atomic E-state index is -4.56. The van der Waals surface area contributed by atoms with Gasteiger partial charge in [0.15, 0.2) is 5.75 Å². The number of hydrogen-bond acceptors (Lipinski definition) is 3. The lowest BCUT2D eigenvalue weighted by atomic mass is 10.1. The van der Waals surface area contributed by atoms with Crippen molar-refractivity contribution < 1.29 is 22.7 Å². The maximum atomic E-state index is 12.9. The van der Waals surface area contributed by atoms with Crippen LogP contribution in [-0.2, 0) is 6.18 Å². The van der Waals surface area contributed by atoms with Crippen molar-refractivity contribution >= 4 is 11.6 Å². The zero-order chi connectivity index (χ0) is 15.6. The summed E-state index contributed by atoms with van der Waals surface area (Å²) in [6.45, 7) is 0. The van der Waals surface area contributed by atoms with Crippen molar-refractivity contribution in [1.82, 2.24) is 0 Å². The number of alkyl halides is 3. The molecule has 0 spiro atoms. The minimum Gasteiger partial charge on any atom is -0.455 e. The van der Waals surface area contributed by atoms with Gasteiger partial charge in [-0.15, -0.1) is 0 Å². The molecule has 0 radical (unpaired) electrons. The highest BCUT2D eigenvalue weighted by atomic mass is 19.4. The van der Waals surface area contributed by atoms with E-state index in [0.717, 1.165) is 6.07 Å². The Morgan fingerprint density at radius 3 is 2.24 bits per heavy atom. The van der Waals surface area contributed by atoms with Crippen LogP contribution in [0.2, 0.25) is 0 Å². The third-order valence-electron chi connectivity index (χ3n) is 2.74. The van der Waals surface area contributed by atoms with Crippen LogP contribution in [0.4, 0.5) is 18.9 Å². The molecule has 0 aliphatic heterocycles. The summed E-state index contributed by atoms with van der Waals surface area (Å²) >= 11 is 0. The molecule has 0 atom stereocenters. The summed E-state index contributed by atoms with van der Waals surface area (Å²) in [5.74, 6) is -1.26. The van der Waals surface area contributed by atoms with Crippen LogP contribution >= 0.6 is 0 Å². The third kappa shape index (κ3) is 3.07. The fourth-order valence-electron chi connectivity index (χ4n) is 1.76. The Bertz CT molecular complexity index is 684. The van der Waals surface area contributed by atoms with Gasteiger partial charge in [0, 0.05) is 0 Å². The first-order valence-electron chi connectivity index (χ1n) is 5.83. The monoisotopic (exact) mass is 296 g/mol. The van der Waals surface area contributed by atoms with E-state index < -0.39 is 23.4 Å². The predicted molar refractivity (Wildman–Crippen MR) is 70.9 cm³/mol. The number of benzene rings is 2. The first kappa shape index (κ1) is 14.7. The van der Waals surface area contributed by atoms with Crippen LogP contribution in [0.25, 0.3) is 0 Å². The van der Waals surface area contributed by atoms with Crippen LogP contribution in [0, 0.1) is 0 Å². The zero-order valence-corrected chi connectivity index (χ0v) is 10.6. The molecule has 0 aromatic heterocycles. The van der Waals surface area contributed by atoms with Crippen LogP contribution in [0.15, 0.2) is 42.5 Å². The molecule has 0 heterocycles. The Labute approximate surface area is 118 Å². The number of ether oxygens (including phenoxy) is 1. The van der Waals surface area contributed by atoms with Crippen molar-refractivity contribution in [1.29, 1.82) is 0 Å². The lowest BCUT2D eigenvalue weighted by Crippen LogP contribution is -2.14. The summed E-state index contributed by atoms with van der Waals surface area (Å²) < 4.78 is 43.8. The molecular formula is C14H11F3N2O2. The number of anilines is 1. The molecule has 0 fully saturated rings. The van der Waals surface area contributed by atoms with Gasteiger partial charge in [-0.05, 0) is 24.3 Å². The number of carbonyl (C=O) groups is 1. The highest BCUT2D eigenvalue weighted by molar-refractivity contribution is 5.99. The van der Waals surface area contributed by atoms with Gasteiger partial charge in [-0.3, -0.25) is 4.79 Å². The van der Waals surface area contributed by atoms with Gasteiger partial charge in [-0.2, -0.15) is 13.2 Å². The second-order valence-electron chi connectivity index (χ2n) is 4.18. The fourth-order valence-corrected chi connectivity index (χ4v) is 1.76. The lowest BCUT2D eigenvalue weighted by molar-refractivity contribution is -0.138. The summed E-state index contributed by atoms with van der Waals surface area (Å²) in [4.78, 5) is 11.2. The summed E-state index contributed by atoms with van der Waals surface area (Å²) in [5.41, 5.74) is 9.74. The van der Waals surface area contributed by atoms with E-state index in [0.29, 0.717) is 0 Å². The van der Waals surface area contributed by atoms with Gasteiger partial charge in [0.25, 0.3) is 5.91 Å². The Morgan fingerprint density at radius 1 is 1.00 bits per heavy atom. The number of carbonyl (C=O) groups excluding carboxylic acids is 1. The molecule has 2 aromatic rings. The van der Waals surface area contributed by atoms with E-state index in [1.165, 1.54) is 36.4 Å². The molecule has 4 N–H and O–H groups in total. The molecule has 110 valence electrons. The van der Waals surface area contributed by atoms with Crippen molar-refractivity contribution in [2.45, 2.75) is 6.18 Å². The molecule has 21 heavy (non-hydrogen) atoms. The summed E-state index contributed by atoms with van der Waals surface area (Å²) in [6.07, 6.45) is -4.56. The number of nitrogen functional groups attached to an aromatic ring is 1. The normalized spacial score (nSPS) is 11.2. The number of para-hydroxylation sites is 2. The Kier molecular flexibility index (Phi) is 3.75. The van der Waals surface area contributed by atoms with Gasteiger partial charge in [-0.25, -0.2) is 0 Å². The number of primary amides is 1. The number of amides is 1. The van der Waals surface area contributed by atoms with Crippen LogP contribution in [0.5, 0.6) is 11.5 Å². The van der Waals surface area contributed by atoms with E-state index in [-0.39, 0.29) is 17.0 Å². The largest absolute Gasteiger partial charge is 0.455 e. The van der Waals surface area contributed by atoms with Crippen LogP contribution < -0.4 is 16.2 Å². The van der Waals surface area contributed by atoms with Crippen molar-refractivity contribution in [3.63, 3.8) is 0 Å². The van der Waals surface area contributed by atoms with Gasteiger partial charge in [-0.1, -0.05) is 18.2 Å². The minimum absolute atomic E-state index is 0.0167. The topological polar surface area (TPSA) is 78.3 Å². The molecule has 2 aromatic carbocycles. The highest BCUT2D eigenvalue weighted by Crippen LogP contribution is 2.39. The van der Waals surface area contributed by atoms with E-state index in [1.807, 2.05) is 0 Å². The number of nitrogens with two attached hydrogens (primary N) is 2. The van der Waals surface area contributed by atoms with Crippen molar-refractivity contribution in [2.75, 3.05) is 5.73 Å².